The molecule has 0 atom stereocenters. The maximum atomic E-state index is 9.00. The van der Waals surface area contributed by atoms with E-state index in [1.165, 1.54) is 0 Å². The third-order valence-electron chi connectivity index (χ3n) is 11.6. The van der Waals surface area contributed by atoms with E-state index in [1.807, 2.05) is 165 Å². The second-order valence-electron chi connectivity index (χ2n) is 18.3. The average molecular weight is 1430 g/mol. The summed E-state index contributed by atoms with van der Waals surface area (Å²) in [6, 6.07) is 50.4. The van der Waals surface area contributed by atoms with Crippen LogP contribution in [0.4, 0.5) is 0 Å². The molecule has 0 unspecified atom stereocenters. The van der Waals surface area contributed by atoms with Gasteiger partial charge in [0.1, 0.15) is 23.1 Å². The number of para-hydroxylation sites is 4. The minimum absolute atomic E-state index is 0. The summed E-state index contributed by atoms with van der Waals surface area (Å²) in [4.78, 5) is 36.3. The largest absolute Gasteiger partial charge is 2.00 e. The number of imidazole rings is 4. The van der Waals surface area contributed by atoms with Gasteiger partial charge in [0.25, 0.3) is 11.9 Å². The molecule has 4 heterocycles. The van der Waals surface area contributed by atoms with E-state index in [0.717, 1.165) is 93.0 Å². The van der Waals surface area contributed by atoms with Crippen molar-refractivity contribution in [2.75, 3.05) is 0 Å². The Balaban J connectivity index is 0.000000287. The molecule has 0 aliphatic heterocycles. The predicted molar refractivity (Wildman–Crippen MR) is 366 cm³/mol. The Morgan fingerprint density at radius 1 is 0.406 bits per heavy atom. The zero-order valence-corrected chi connectivity index (χ0v) is 55.9. The number of carbonyl (C=O) groups is 2. The van der Waals surface area contributed by atoms with Gasteiger partial charge in [-0.3, -0.25) is 19.6 Å². The zero-order chi connectivity index (χ0) is 67.1. The van der Waals surface area contributed by atoms with Crippen molar-refractivity contribution in [2.45, 2.75) is 27.7 Å². The first-order valence-electron chi connectivity index (χ1n) is 27.9. The summed E-state index contributed by atoms with van der Waals surface area (Å²) in [6.07, 6.45) is 7.40. The molecule has 0 bridgehead atoms. The Morgan fingerprint density at radius 3 is 1.09 bits per heavy atom. The number of benzene rings is 6. The monoisotopic (exact) mass is 1430 g/mol. The van der Waals surface area contributed by atoms with Crippen LogP contribution >= 0.6 is 0 Å². The average Bonchev–Trinajstić information content (AvgIpc) is 1.65. The molecule has 0 aliphatic carbocycles. The zero-order valence-electron chi connectivity index (χ0n) is 52.7. The first-order chi connectivity index (χ1) is 45.8. The van der Waals surface area contributed by atoms with E-state index in [1.54, 1.807) is 26.2 Å². The van der Waals surface area contributed by atoms with Gasteiger partial charge in [0, 0.05) is 157 Å². The molecular formula is C80H52N8O6Pd2. The van der Waals surface area contributed by atoms with Crippen molar-refractivity contribution in [1.82, 2.24) is 38.2 Å². The van der Waals surface area contributed by atoms with Crippen LogP contribution in [0.15, 0.2) is 158 Å². The van der Waals surface area contributed by atoms with E-state index in [-0.39, 0.29) is 40.8 Å². The fraction of sp³-hybridized carbons (Fsp3) is 0.100. The van der Waals surface area contributed by atoms with Gasteiger partial charge in [-0.1, -0.05) is 72.5 Å². The molecule has 0 spiro atoms. The molecule has 0 amide bonds. The molecule has 14 nitrogen and oxygen atoms in total. The molecule has 16 heteroatoms. The summed E-state index contributed by atoms with van der Waals surface area (Å²) in [5.74, 6) is 70.2. The smallest absolute Gasteiger partial charge is 0.497 e. The van der Waals surface area contributed by atoms with Gasteiger partial charge < -0.3 is 38.0 Å². The normalized spacial score (nSPS) is 8.38. The van der Waals surface area contributed by atoms with E-state index < -0.39 is 11.9 Å². The van der Waals surface area contributed by atoms with Gasteiger partial charge in [0.15, 0.2) is 0 Å². The standard InChI is InChI=1S/C28H6.C24H20N4O.C24H18N4O.2C2H4O2.2Pd/c1-3-5-7-9-11-13-15-17-19-21-23-25-27-28-26-24-22-20-18-16-14-12-10-8-6-4-2;2*1-27-14-13-25-23(27)17-7-5-9-19(15-17)29-20-10-6-8-18(16-20)24-26-21-11-3-4-12-22(21)28(24)2;2*1-2(3)4;;/h1-2H3;3-16H,1-2H3;3-14H,1-2H3;2*1H3,(H,3,4);;/q;;-2;;;;+2. The molecule has 0 saturated heterocycles. The number of ether oxygens (including phenoxy) is 2. The van der Waals surface area contributed by atoms with E-state index in [2.05, 4.69) is 203 Å². The van der Waals surface area contributed by atoms with E-state index in [0.29, 0.717) is 11.5 Å². The van der Waals surface area contributed by atoms with Crippen LogP contribution in [0.1, 0.15) is 27.7 Å². The Bertz CT molecular complexity index is 5000. The van der Waals surface area contributed by atoms with Crippen molar-refractivity contribution in [2.24, 2.45) is 28.2 Å². The Hall–Kier alpha value is -13.2. The molecule has 6 aromatic carbocycles. The van der Waals surface area contributed by atoms with Crippen molar-refractivity contribution in [3.05, 3.63) is 170 Å². The number of hydrogen-bond acceptors (Lipinski definition) is 8. The van der Waals surface area contributed by atoms with Gasteiger partial charge in [-0.2, -0.15) is 0 Å². The van der Waals surface area contributed by atoms with Gasteiger partial charge in [-0.25, -0.2) is 9.97 Å². The molecule has 96 heavy (non-hydrogen) atoms. The third kappa shape index (κ3) is 25.6. The molecule has 0 aliphatic rings. The molecule has 10 rings (SSSR count). The van der Waals surface area contributed by atoms with Crippen molar-refractivity contribution in [3.8, 4) is 222 Å². The fourth-order valence-electron chi connectivity index (χ4n) is 7.80. The van der Waals surface area contributed by atoms with E-state index in [9.17, 15) is 0 Å². The number of aromatic nitrogens is 8. The second-order valence-corrected chi connectivity index (χ2v) is 18.3. The maximum absolute atomic E-state index is 9.00. The van der Waals surface area contributed by atoms with Gasteiger partial charge in [-0.05, 0) is 157 Å². The Kier molecular flexibility index (Phi) is 32.9. The topological polar surface area (TPSA) is 164 Å². The summed E-state index contributed by atoms with van der Waals surface area (Å²) >= 11 is 0. The maximum Gasteiger partial charge on any atom is 2.00 e. The summed E-state index contributed by atoms with van der Waals surface area (Å²) in [7, 11) is 7.98. The van der Waals surface area contributed by atoms with Gasteiger partial charge in [-0.15, -0.1) is 47.5 Å². The number of nitrogens with zero attached hydrogens (tertiary/aromatic N) is 8. The van der Waals surface area contributed by atoms with Crippen LogP contribution in [-0.2, 0) is 78.6 Å². The van der Waals surface area contributed by atoms with Crippen molar-refractivity contribution >= 4 is 34.0 Å². The molecule has 0 fully saturated rings. The summed E-state index contributed by atoms with van der Waals surface area (Å²) in [6.45, 7) is 5.56. The molecule has 0 saturated carbocycles. The summed E-state index contributed by atoms with van der Waals surface area (Å²) in [5, 5.41) is 14.8. The Morgan fingerprint density at radius 2 is 0.729 bits per heavy atom. The minimum Gasteiger partial charge on any atom is -0.497 e. The first-order valence-corrected chi connectivity index (χ1v) is 27.9. The number of aliphatic carboxylic acids is 2. The number of carboxylic acids is 2. The minimum atomic E-state index is -0.833. The quantitative estimate of drug-likeness (QED) is 0.0850. The molecule has 0 radical (unpaired) electrons. The van der Waals surface area contributed by atoms with Crippen LogP contribution < -0.4 is 9.47 Å². The predicted octanol–water partition coefficient (Wildman–Crippen LogP) is 11.7. The van der Waals surface area contributed by atoms with Crippen molar-refractivity contribution in [3.63, 3.8) is 0 Å². The summed E-state index contributed by atoms with van der Waals surface area (Å²) in [5.41, 5.74) is 7.92. The molecule has 468 valence electrons. The van der Waals surface area contributed by atoms with Crippen LogP contribution in [0.25, 0.3) is 67.6 Å². The van der Waals surface area contributed by atoms with Crippen molar-refractivity contribution < 1.29 is 70.1 Å². The Labute approximate surface area is 587 Å². The number of carboxylic acid groups (broad SMARTS) is 2. The molecule has 4 aromatic heterocycles. The molecule has 2 N–H and O–H groups in total. The van der Waals surface area contributed by atoms with Crippen molar-refractivity contribution in [1.29, 1.82) is 0 Å². The van der Waals surface area contributed by atoms with Crippen LogP contribution in [0.2, 0.25) is 0 Å². The van der Waals surface area contributed by atoms with Crippen LogP contribution in [-0.4, -0.2) is 60.4 Å². The third-order valence-corrected chi connectivity index (χ3v) is 11.6. The van der Waals surface area contributed by atoms with Crippen LogP contribution in [0.5, 0.6) is 23.0 Å². The van der Waals surface area contributed by atoms with Gasteiger partial charge in [0.2, 0.25) is 0 Å². The second kappa shape index (κ2) is 42.0. The number of hydrogen-bond donors (Lipinski definition) is 2. The first kappa shape index (κ1) is 75.3. The SMILES string of the molecule is CC#CC#CC#CC#CC#CC#CC#CC#CC#CC#CC#CC#CC#CC.CC(=O)O.CC(=O)O.Cn1ccnc1-c1[c-]c(Oc2[c-]c(-c3nc4ccccc4n3C)ccc2)ccc1.Cn1ccnc1-c1cccc(Oc2cccc(-c3nc4ccccc4n3C)c2)c1.[Pd+2].[Pd]. The summed E-state index contributed by atoms with van der Waals surface area (Å²) < 4.78 is 20.3. The van der Waals surface area contributed by atoms with Crippen LogP contribution in [0.3, 0.4) is 0 Å². The van der Waals surface area contributed by atoms with E-state index >= 15 is 0 Å². The molecule has 10 aromatic rings. The van der Waals surface area contributed by atoms with Crippen LogP contribution in [0, 0.1) is 166 Å². The number of aryl methyl sites for hydroxylation is 4. The molecular weight excluding hydrogens is 1380 g/mol. The van der Waals surface area contributed by atoms with Gasteiger partial charge in [0.05, 0.1) is 33.7 Å². The number of fused-ring (bicyclic) bond motifs is 2. The van der Waals surface area contributed by atoms with Gasteiger partial charge >= 0.3 is 20.4 Å². The fourth-order valence-corrected chi connectivity index (χ4v) is 7.80. The number of rotatable bonds is 8. The van der Waals surface area contributed by atoms with E-state index in [4.69, 9.17) is 39.2 Å².